The van der Waals surface area contributed by atoms with E-state index in [1.54, 1.807) is 18.2 Å². The van der Waals surface area contributed by atoms with Gasteiger partial charge in [0.05, 0.1) is 5.70 Å². The van der Waals surface area contributed by atoms with Crippen LogP contribution in [0.1, 0.15) is 31.7 Å². The van der Waals surface area contributed by atoms with Crippen molar-refractivity contribution in [3.63, 3.8) is 0 Å². The molecule has 0 atom stereocenters. The van der Waals surface area contributed by atoms with Crippen molar-refractivity contribution in [3.05, 3.63) is 41.4 Å². The van der Waals surface area contributed by atoms with Crippen LogP contribution < -0.4 is 0 Å². The summed E-state index contributed by atoms with van der Waals surface area (Å²) in [5.74, 6) is 0. The van der Waals surface area contributed by atoms with E-state index in [0.717, 1.165) is 22.3 Å². The predicted molar refractivity (Wildman–Crippen MR) is 72.0 cm³/mol. The van der Waals surface area contributed by atoms with Gasteiger partial charge in [0.1, 0.15) is 0 Å². The molecule has 0 unspecified atom stereocenters. The molecule has 0 N–H and O–H groups in total. The molecule has 2 nitrogen and oxygen atoms in total. The third-order valence-corrected chi connectivity index (χ3v) is 2.97. The molecule has 1 aromatic rings. The Labute approximate surface area is 106 Å². The molecule has 0 amide bonds. The largest absolute Gasteiger partial charge is 0.677 e. The number of rotatable bonds is 4. The molecule has 5 heteroatoms. The number of nitrogens with zero attached hydrogens (tertiary/aromatic N) is 2. The van der Waals surface area contributed by atoms with Crippen molar-refractivity contribution in [1.82, 2.24) is 4.48 Å². The van der Waals surface area contributed by atoms with E-state index in [4.69, 9.17) is 0 Å². The minimum atomic E-state index is -2.51. The average molecular weight is 248 g/mol. The van der Waals surface area contributed by atoms with Gasteiger partial charge in [-0.2, -0.15) is 0 Å². The maximum atomic E-state index is 13.0. The molecule has 0 aromatic carbocycles. The van der Waals surface area contributed by atoms with Gasteiger partial charge in [0.2, 0.25) is 0 Å². The number of aryl methyl sites for hydroxylation is 1. The third kappa shape index (κ3) is 2.45. The first-order valence-electron chi connectivity index (χ1n) is 6.11. The Morgan fingerprint density at radius 1 is 1.22 bits per heavy atom. The lowest BCUT2D eigenvalue weighted by Gasteiger charge is -2.06. The summed E-state index contributed by atoms with van der Waals surface area (Å²) in [4.78, 5) is 4.35. The number of aliphatic imine (C=N–C) groups is 1. The zero-order valence-corrected chi connectivity index (χ0v) is 10.5. The highest BCUT2D eigenvalue weighted by atomic mass is 19.2. The molecule has 1 aliphatic rings. The second-order valence-corrected chi connectivity index (χ2v) is 4.11. The van der Waals surface area contributed by atoms with Crippen LogP contribution in [0.4, 0.5) is 8.63 Å². The van der Waals surface area contributed by atoms with Crippen LogP contribution in [0, 0.1) is 0 Å². The summed E-state index contributed by atoms with van der Waals surface area (Å²) in [6.45, 7) is 3.89. The minimum absolute atomic E-state index is 0.502. The third-order valence-electron chi connectivity index (χ3n) is 2.97. The molecule has 0 saturated carbocycles. The summed E-state index contributed by atoms with van der Waals surface area (Å²) in [5.41, 5.74) is 2.85. The lowest BCUT2D eigenvalue weighted by atomic mass is 10.2. The number of aromatic nitrogens is 1. The molecule has 0 spiro atoms. The van der Waals surface area contributed by atoms with Crippen molar-refractivity contribution in [3.8, 4) is 0 Å². The summed E-state index contributed by atoms with van der Waals surface area (Å²) in [6, 6.07) is 3.45. The smallest absolute Gasteiger partial charge is 0.329 e. The molecule has 18 heavy (non-hydrogen) atoms. The maximum absolute atomic E-state index is 13.0. The Kier molecular flexibility index (Phi) is 3.79. The van der Waals surface area contributed by atoms with Crippen LogP contribution in [0.5, 0.6) is 0 Å². The lowest BCUT2D eigenvalue weighted by molar-refractivity contribution is 0.621. The SMILES string of the molecule is CCC1=N/C(=C\c2ccc(CC)n2B(F)F)C=C1. The van der Waals surface area contributed by atoms with E-state index in [9.17, 15) is 8.63 Å². The van der Waals surface area contributed by atoms with Gasteiger partial charge in [-0.05, 0) is 43.2 Å². The fourth-order valence-corrected chi connectivity index (χ4v) is 2.00. The van der Waals surface area contributed by atoms with Crippen molar-refractivity contribution < 1.29 is 8.63 Å². The highest BCUT2D eigenvalue weighted by molar-refractivity contribution is 6.41. The van der Waals surface area contributed by atoms with Gasteiger partial charge in [-0.25, -0.2) is 0 Å². The average Bonchev–Trinajstić information content (AvgIpc) is 2.95. The molecular weight excluding hydrogens is 233 g/mol. The predicted octanol–water partition coefficient (Wildman–Crippen LogP) is 3.58. The van der Waals surface area contributed by atoms with Crippen LogP contribution in [0.25, 0.3) is 6.08 Å². The Bertz CT molecular complexity index is 527. The molecule has 1 aromatic heterocycles. The molecule has 0 aliphatic carbocycles. The first kappa shape index (κ1) is 12.8. The van der Waals surface area contributed by atoms with Crippen LogP contribution >= 0.6 is 0 Å². The normalized spacial score (nSPS) is 16.4. The number of allylic oxidation sites excluding steroid dienone is 2. The van der Waals surface area contributed by atoms with Gasteiger partial charge in [-0.3, -0.25) is 13.6 Å². The highest BCUT2D eigenvalue weighted by Gasteiger charge is 2.22. The van der Waals surface area contributed by atoms with Crippen molar-refractivity contribution in [2.45, 2.75) is 26.7 Å². The standard InChI is InChI=1S/C13H15BF2N2/c1-3-10-5-6-11(17-10)9-13-8-7-12(4-2)18(13)14(15)16/h5-9H,3-4H2,1-2H3/b11-9-. The summed E-state index contributed by atoms with van der Waals surface area (Å²) in [7, 11) is -2.51. The van der Waals surface area contributed by atoms with Crippen LogP contribution in [-0.2, 0) is 6.42 Å². The van der Waals surface area contributed by atoms with E-state index in [-0.39, 0.29) is 0 Å². The zero-order chi connectivity index (χ0) is 13.1. The Morgan fingerprint density at radius 2 is 2.00 bits per heavy atom. The molecule has 0 fully saturated rings. The minimum Gasteiger partial charge on any atom is -0.329 e. The van der Waals surface area contributed by atoms with E-state index in [1.807, 2.05) is 26.0 Å². The highest BCUT2D eigenvalue weighted by Crippen LogP contribution is 2.19. The van der Waals surface area contributed by atoms with Crippen LogP contribution in [0.2, 0.25) is 0 Å². The van der Waals surface area contributed by atoms with Gasteiger partial charge >= 0.3 is 7.40 Å². The summed E-state index contributed by atoms with van der Waals surface area (Å²) >= 11 is 0. The second-order valence-electron chi connectivity index (χ2n) is 4.11. The van der Waals surface area contributed by atoms with Gasteiger partial charge in [-0.1, -0.05) is 13.8 Å². The van der Waals surface area contributed by atoms with Gasteiger partial charge in [0.25, 0.3) is 0 Å². The summed E-state index contributed by atoms with van der Waals surface area (Å²) < 4.78 is 27.1. The molecule has 94 valence electrons. The van der Waals surface area contributed by atoms with Gasteiger partial charge in [-0.15, -0.1) is 0 Å². The number of halogens is 2. The van der Waals surface area contributed by atoms with Crippen LogP contribution in [0.3, 0.4) is 0 Å². The lowest BCUT2D eigenvalue weighted by Crippen LogP contribution is -2.17. The van der Waals surface area contributed by atoms with E-state index in [0.29, 0.717) is 17.8 Å². The molecular formula is C13H15BF2N2. The Balaban J connectivity index is 2.36. The van der Waals surface area contributed by atoms with Crippen LogP contribution in [0.15, 0.2) is 35.0 Å². The fraction of sp³-hybridized carbons (Fsp3) is 0.308. The summed E-state index contributed by atoms with van der Waals surface area (Å²) in [6.07, 6.45) is 6.91. The topological polar surface area (TPSA) is 17.3 Å². The van der Waals surface area contributed by atoms with E-state index in [1.165, 1.54) is 0 Å². The Hall–Kier alpha value is -1.65. The van der Waals surface area contributed by atoms with Gasteiger partial charge in [0, 0.05) is 17.1 Å². The first-order chi connectivity index (χ1) is 8.65. The van der Waals surface area contributed by atoms with Crippen molar-refractivity contribution in [1.29, 1.82) is 0 Å². The Morgan fingerprint density at radius 3 is 2.56 bits per heavy atom. The van der Waals surface area contributed by atoms with E-state index >= 15 is 0 Å². The zero-order valence-electron chi connectivity index (χ0n) is 10.5. The van der Waals surface area contributed by atoms with Crippen molar-refractivity contribution in [2.75, 3.05) is 0 Å². The molecule has 1 aliphatic heterocycles. The molecule has 0 saturated heterocycles. The van der Waals surface area contributed by atoms with Gasteiger partial charge < -0.3 is 4.48 Å². The van der Waals surface area contributed by atoms with Crippen LogP contribution in [-0.4, -0.2) is 17.6 Å². The fourth-order valence-electron chi connectivity index (χ4n) is 2.00. The monoisotopic (exact) mass is 248 g/mol. The van der Waals surface area contributed by atoms with Gasteiger partial charge in [0.15, 0.2) is 0 Å². The van der Waals surface area contributed by atoms with Crippen molar-refractivity contribution in [2.24, 2.45) is 4.99 Å². The first-order valence-corrected chi connectivity index (χ1v) is 6.11. The molecule has 2 rings (SSSR count). The molecule has 0 bridgehead atoms. The maximum Gasteiger partial charge on any atom is 0.677 e. The number of hydrogen-bond donors (Lipinski definition) is 0. The quantitative estimate of drug-likeness (QED) is 0.724. The van der Waals surface area contributed by atoms with Crippen molar-refractivity contribution >= 4 is 19.2 Å². The molecule has 2 heterocycles. The van der Waals surface area contributed by atoms with E-state index < -0.39 is 7.40 Å². The molecule has 0 radical (unpaired) electrons. The number of hydrogen-bond acceptors (Lipinski definition) is 1. The van der Waals surface area contributed by atoms with E-state index in [2.05, 4.69) is 4.99 Å². The second kappa shape index (κ2) is 5.33. The summed E-state index contributed by atoms with van der Waals surface area (Å²) in [5, 5.41) is 0.